The van der Waals surface area contributed by atoms with E-state index in [1.54, 1.807) is 0 Å². The third-order valence-electron chi connectivity index (χ3n) is 5.52. The summed E-state index contributed by atoms with van der Waals surface area (Å²) in [5.74, 6) is 3.07. The van der Waals surface area contributed by atoms with Gasteiger partial charge in [-0.15, -0.1) is 0 Å². The zero-order chi connectivity index (χ0) is 13.8. The molecule has 20 heavy (non-hydrogen) atoms. The second kappa shape index (κ2) is 6.75. The van der Waals surface area contributed by atoms with Gasteiger partial charge in [0.25, 0.3) is 0 Å². The minimum Gasteiger partial charge on any atom is -0.337 e. The van der Waals surface area contributed by atoms with E-state index in [-0.39, 0.29) is 0 Å². The molecule has 1 aromatic rings. The van der Waals surface area contributed by atoms with Gasteiger partial charge in [0.1, 0.15) is 5.82 Å². The molecule has 2 atom stereocenters. The fourth-order valence-corrected chi connectivity index (χ4v) is 4.33. The molecule has 0 aromatic carbocycles. The Labute approximate surface area is 123 Å². The van der Waals surface area contributed by atoms with Crippen molar-refractivity contribution in [1.82, 2.24) is 14.9 Å². The van der Waals surface area contributed by atoms with Crippen LogP contribution in [0.3, 0.4) is 0 Å². The van der Waals surface area contributed by atoms with E-state index in [1.807, 2.05) is 12.4 Å². The zero-order valence-corrected chi connectivity index (χ0v) is 12.9. The van der Waals surface area contributed by atoms with E-state index in [2.05, 4.69) is 21.9 Å². The van der Waals surface area contributed by atoms with Crippen LogP contribution in [0.25, 0.3) is 0 Å². The highest BCUT2D eigenvalue weighted by atomic mass is 15.1. The van der Waals surface area contributed by atoms with E-state index in [4.69, 9.17) is 0 Å². The van der Waals surface area contributed by atoms with Gasteiger partial charge >= 0.3 is 0 Å². The Morgan fingerprint density at radius 1 is 1.10 bits per heavy atom. The lowest BCUT2D eigenvalue weighted by atomic mass is 9.71. The molecule has 0 aliphatic heterocycles. The molecule has 0 radical (unpaired) electrons. The Hall–Kier alpha value is -0.830. The number of imidazole rings is 1. The van der Waals surface area contributed by atoms with Crippen LogP contribution in [0.15, 0.2) is 12.4 Å². The maximum atomic E-state index is 4.44. The van der Waals surface area contributed by atoms with Crippen LogP contribution in [0.5, 0.6) is 0 Å². The van der Waals surface area contributed by atoms with Crippen molar-refractivity contribution in [2.24, 2.45) is 18.9 Å². The molecule has 3 heteroatoms. The Bertz CT molecular complexity index is 406. The van der Waals surface area contributed by atoms with E-state index in [0.29, 0.717) is 0 Å². The lowest BCUT2D eigenvalue weighted by Gasteiger charge is -2.39. The molecular weight excluding hydrogens is 246 g/mol. The molecular formula is C17H29N3. The maximum Gasteiger partial charge on any atom is 0.122 e. The molecule has 3 rings (SSSR count). The summed E-state index contributed by atoms with van der Waals surface area (Å²) in [6.07, 6.45) is 17.0. The van der Waals surface area contributed by atoms with Gasteiger partial charge in [0.2, 0.25) is 0 Å². The first-order valence-electron chi connectivity index (χ1n) is 8.54. The summed E-state index contributed by atoms with van der Waals surface area (Å²) in [5, 5.41) is 3.83. The lowest BCUT2D eigenvalue weighted by Crippen LogP contribution is -2.42. The molecule has 0 saturated heterocycles. The second-order valence-electron chi connectivity index (χ2n) is 6.79. The average molecular weight is 275 g/mol. The maximum absolute atomic E-state index is 4.44. The van der Waals surface area contributed by atoms with E-state index < -0.39 is 0 Å². The minimum absolute atomic E-state index is 0.726. The van der Waals surface area contributed by atoms with Crippen molar-refractivity contribution in [3.63, 3.8) is 0 Å². The fourth-order valence-electron chi connectivity index (χ4n) is 4.33. The summed E-state index contributed by atoms with van der Waals surface area (Å²) in [6.45, 7) is 0.928. The van der Waals surface area contributed by atoms with E-state index in [0.717, 1.165) is 30.2 Å². The second-order valence-corrected chi connectivity index (χ2v) is 6.79. The number of aromatic nitrogens is 2. The molecule has 0 bridgehead atoms. The molecule has 0 amide bonds. The van der Waals surface area contributed by atoms with Crippen LogP contribution in [0.1, 0.15) is 63.6 Å². The first-order chi connectivity index (χ1) is 9.84. The lowest BCUT2D eigenvalue weighted by molar-refractivity contribution is 0.148. The molecule has 1 aromatic heterocycles. The summed E-state index contributed by atoms with van der Waals surface area (Å²) >= 11 is 0. The minimum atomic E-state index is 0.726. The topological polar surface area (TPSA) is 29.9 Å². The Morgan fingerprint density at radius 2 is 1.85 bits per heavy atom. The Balaban J connectivity index is 1.58. The fraction of sp³-hybridized carbons (Fsp3) is 0.824. The summed E-state index contributed by atoms with van der Waals surface area (Å²) < 4.78 is 2.13. The molecule has 3 nitrogen and oxygen atoms in total. The Morgan fingerprint density at radius 3 is 2.60 bits per heavy atom. The number of nitrogens with one attached hydrogen (secondary N) is 1. The molecule has 0 spiro atoms. The third kappa shape index (κ3) is 3.25. The van der Waals surface area contributed by atoms with Crippen molar-refractivity contribution in [3.05, 3.63) is 18.2 Å². The number of aryl methyl sites for hydroxylation is 1. The van der Waals surface area contributed by atoms with Crippen molar-refractivity contribution >= 4 is 0 Å². The van der Waals surface area contributed by atoms with Crippen LogP contribution in [0.2, 0.25) is 0 Å². The van der Waals surface area contributed by atoms with Crippen molar-refractivity contribution < 1.29 is 0 Å². The number of hydrogen-bond acceptors (Lipinski definition) is 2. The van der Waals surface area contributed by atoms with Gasteiger partial charge in [-0.2, -0.15) is 0 Å². The van der Waals surface area contributed by atoms with E-state index in [1.165, 1.54) is 57.8 Å². The van der Waals surface area contributed by atoms with Crippen LogP contribution in [-0.4, -0.2) is 15.6 Å². The highest BCUT2D eigenvalue weighted by Crippen LogP contribution is 2.38. The standard InChI is InChI=1S/C17H29N3/c1-20-12-11-18-17(20)13-19-16-10-6-5-9-15(16)14-7-3-2-4-8-14/h11-12,14-16,19H,2-10,13H2,1H3. The SMILES string of the molecule is Cn1ccnc1CNC1CCCCC1C1CCCCC1. The summed E-state index contributed by atoms with van der Waals surface area (Å²) in [4.78, 5) is 4.44. The van der Waals surface area contributed by atoms with Gasteiger partial charge in [-0.05, 0) is 24.7 Å². The van der Waals surface area contributed by atoms with Gasteiger partial charge in [-0.3, -0.25) is 0 Å². The highest BCUT2D eigenvalue weighted by molar-refractivity contribution is 4.93. The van der Waals surface area contributed by atoms with Crippen LogP contribution in [0, 0.1) is 11.8 Å². The third-order valence-corrected chi connectivity index (χ3v) is 5.52. The monoisotopic (exact) mass is 275 g/mol. The molecule has 2 fully saturated rings. The highest BCUT2D eigenvalue weighted by Gasteiger charge is 2.32. The molecule has 1 heterocycles. The normalized spacial score (nSPS) is 28.6. The van der Waals surface area contributed by atoms with Crippen molar-refractivity contribution in [3.8, 4) is 0 Å². The van der Waals surface area contributed by atoms with E-state index in [9.17, 15) is 0 Å². The van der Waals surface area contributed by atoms with Crippen LogP contribution in [-0.2, 0) is 13.6 Å². The summed E-state index contributed by atoms with van der Waals surface area (Å²) in [6, 6.07) is 0.726. The van der Waals surface area contributed by atoms with Gasteiger partial charge < -0.3 is 9.88 Å². The molecule has 2 aliphatic carbocycles. The Kier molecular flexibility index (Phi) is 4.77. The molecule has 1 N–H and O–H groups in total. The molecule has 2 unspecified atom stereocenters. The van der Waals surface area contributed by atoms with Gasteiger partial charge in [0.05, 0.1) is 6.54 Å². The van der Waals surface area contributed by atoms with Gasteiger partial charge in [0.15, 0.2) is 0 Å². The van der Waals surface area contributed by atoms with Crippen LogP contribution in [0.4, 0.5) is 0 Å². The average Bonchev–Trinajstić information content (AvgIpc) is 2.92. The molecule has 112 valence electrons. The predicted octanol–water partition coefficient (Wildman–Crippen LogP) is 3.65. The molecule has 2 aliphatic rings. The zero-order valence-electron chi connectivity index (χ0n) is 12.9. The molecule has 2 saturated carbocycles. The van der Waals surface area contributed by atoms with Gasteiger partial charge in [0, 0.05) is 25.5 Å². The number of nitrogens with zero attached hydrogens (tertiary/aromatic N) is 2. The predicted molar refractivity (Wildman–Crippen MR) is 82.4 cm³/mol. The van der Waals surface area contributed by atoms with Crippen LogP contribution >= 0.6 is 0 Å². The largest absolute Gasteiger partial charge is 0.337 e. The summed E-state index contributed by atoms with van der Waals surface area (Å²) in [5.41, 5.74) is 0. The van der Waals surface area contributed by atoms with Gasteiger partial charge in [-0.25, -0.2) is 4.98 Å². The first kappa shape index (κ1) is 14.1. The van der Waals surface area contributed by atoms with Crippen molar-refractivity contribution in [2.75, 3.05) is 0 Å². The van der Waals surface area contributed by atoms with E-state index >= 15 is 0 Å². The number of hydrogen-bond donors (Lipinski definition) is 1. The van der Waals surface area contributed by atoms with Gasteiger partial charge in [-0.1, -0.05) is 44.9 Å². The smallest absolute Gasteiger partial charge is 0.122 e. The number of rotatable bonds is 4. The summed E-state index contributed by atoms with van der Waals surface area (Å²) in [7, 11) is 2.09. The van der Waals surface area contributed by atoms with Crippen molar-refractivity contribution in [2.45, 2.75) is 70.4 Å². The first-order valence-corrected chi connectivity index (χ1v) is 8.54. The van der Waals surface area contributed by atoms with Crippen molar-refractivity contribution in [1.29, 1.82) is 0 Å². The quantitative estimate of drug-likeness (QED) is 0.909. The van der Waals surface area contributed by atoms with Crippen LogP contribution < -0.4 is 5.32 Å².